The van der Waals surface area contributed by atoms with Crippen molar-refractivity contribution < 1.29 is 17.9 Å². The van der Waals surface area contributed by atoms with Crippen molar-refractivity contribution >= 4 is 15.9 Å². The number of unbranched alkanes of at least 4 members (excludes halogenated alkanes) is 1. The van der Waals surface area contributed by atoms with Crippen LogP contribution in [0.1, 0.15) is 24.0 Å². The summed E-state index contributed by atoms with van der Waals surface area (Å²) >= 11 is 0. The van der Waals surface area contributed by atoms with Gasteiger partial charge in [-0.05, 0) is 61.1 Å². The summed E-state index contributed by atoms with van der Waals surface area (Å²) in [6.45, 7) is 0.487. The van der Waals surface area contributed by atoms with Crippen molar-refractivity contribution in [2.45, 2.75) is 36.6 Å². The standard InChI is InChI=1S/C26H30N2O4S/c1-32-23-15-17-24(18-16-23)33(30,31)28-25(20-22-13-6-3-7-14-22)26(29)27-19-9-8-12-21-10-4-2-5-11-21/h2-7,10-11,13-18,25,28H,8-9,12,19-20H2,1H3,(H,27,29). The summed E-state index contributed by atoms with van der Waals surface area (Å²) in [5.41, 5.74) is 2.14. The van der Waals surface area contributed by atoms with Gasteiger partial charge in [-0.2, -0.15) is 4.72 Å². The zero-order chi connectivity index (χ0) is 23.5. The van der Waals surface area contributed by atoms with Gasteiger partial charge in [-0.25, -0.2) is 8.42 Å². The van der Waals surface area contributed by atoms with Gasteiger partial charge in [-0.15, -0.1) is 0 Å². The molecule has 0 spiro atoms. The quantitative estimate of drug-likeness (QED) is 0.399. The van der Waals surface area contributed by atoms with Gasteiger partial charge < -0.3 is 10.1 Å². The van der Waals surface area contributed by atoms with Crippen LogP contribution in [-0.2, 0) is 27.7 Å². The second-order valence-electron chi connectivity index (χ2n) is 7.77. The predicted octanol–water partition coefficient (Wildman–Crippen LogP) is 3.72. The van der Waals surface area contributed by atoms with Gasteiger partial charge in [0.25, 0.3) is 0 Å². The van der Waals surface area contributed by atoms with Crippen LogP contribution >= 0.6 is 0 Å². The van der Waals surface area contributed by atoms with E-state index in [-0.39, 0.29) is 17.2 Å². The minimum absolute atomic E-state index is 0.0806. The van der Waals surface area contributed by atoms with Crippen LogP contribution in [0.4, 0.5) is 0 Å². The van der Waals surface area contributed by atoms with E-state index in [9.17, 15) is 13.2 Å². The highest BCUT2D eigenvalue weighted by atomic mass is 32.2. The first-order chi connectivity index (χ1) is 16.0. The Morgan fingerprint density at radius 1 is 0.848 bits per heavy atom. The summed E-state index contributed by atoms with van der Waals surface area (Å²) in [6.07, 6.45) is 2.94. The van der Waals surface area contributed by atoms with E-state index in [0.717, 1.165) is 24.8 Å². The number of carbonyl (C=O) groups is 1. The topological polar surface area (TPSA) is 84.5 Å². The van der Waals surface area contributed by atoms with E-state index < -0.39 is 16.1 Å². The largest absolute Gasteiger partial charge is 0.497 e. The van der Waals surface area contributed by atoms with Crippen LogP contribution in [0.2, 0.25) is 0 Å². The number of hydrogen-bond donors (Lipinski definition) is 2. The van der Waals surface area contributed by atoms with Crippen LogP contribution in [0.3, 0.4) is 0 Å². The minimum Gasteiger partial charge on any atom is -0.497 e. The highest BCUT2D eigenvalue weighted by molar-refractivity contribution is 7.89. The number of sulfonamides is 1. The van der Waals surface area contributed by atoms with Gasteiger partial charge in [-0.1, -0.05) is 60.7 Å². The molecule has 1 unspecified atom stereocenters. The lowest BCUT2D eigenvalue weighted by atomic mass is 10.1. The zero-order valence-electron chi connectivity index (χ0n) is 18.7. The number of aryl methyl sites for hydroxylation is 1. The zero-order valence-corrected chi connectivity index (χ0v) is 19.6. The fraction of sp³-hybridized carbons (Fsp3) is 0.269. The molecule has 0 saturated carbocycles. The number of carbonyl (C=O) groups excluding carboxylic acids is 1. The molecule has 1 amide bonds. The Kier molecular flexibility index (Phi) is 9.04. The molecule has 3 aromatic carbocycles. The van der Waals surface area contributed by atoms with Crippen LogP contribution in [0.5, 0.6) is 5.75 Å². The van der Waals surface area contributed by atoms with Crippen molar-refractivity contribution in [3.05, 3.63) is 96.1 Å². The van der Waals surface area contributed by atoms with Crippen LogP contribution in [-0.4, -0.2) is 34.0 Å². The molecule has 0 bridgehead atoms. The van der Waals surface area contributed by atoms with Gasteiger partial charge in [0.05, 0.1) is 12.0 Å². The molecule has 0 saturated heterocycles. The summed E-state index contributed by atoms with van der Waals surface area (Å²) in [5.74, 6) is 0.221. The van der Waals surface area contributed by atoms with Gasteiger partial charge in [0.15, 0.2) is 0 Å². The van der Waals surface area contributed by atoms with Crippen molar-refractivity contribution in [2.75, 3.05) is 13.7 Å². The summed E-state index contributed by atoms with van der Waals surface area (Å²) in [7, 11) is -2.37. The molecule has 0 aliphatic rings. The monoisotopic (exact) mass is 466 g/mol. The molecule has 0 fully saturated rings. The van der Waals surface area contributed by atoms with Gasteiger partial charge in [-0.3, -0.25) is 4.79 Å². The molecule has 3 aromatic rings. The number of amides is 1. The second-order valence-corrected chi connectivity index (χ2v) is 9.49. The Balaban J connectivity index is 1.62. The number of benzene rings is 3. The molecule has 2 N–H and O–H groups in total. The van der Waals surface area contributed by atoms with Crippen molar-refractivity contribution in [2.24, 2.45) is 0 Å². The van der Waals surface area contributed by atoms with Crippen molar-refractivity contribution in [3.8, 4) is 5.75 Å². The molecule has 33 heavy (non-hydrogen) atoms. The van der Waals surface area contributed by atoms with E-state index in [0.29, 0.717) is 12.3 Å². The van der Waals surface area contributed by atoms with E-state index in [1.54, 1.807) is 12.1 Å². The lowest BCUT2D eigenvalue weighted by molar-refractivity contribution is -0.122. The van der Waals surface area contributed by atoms with Gasteiger partial charge in [0, 0.05) is 6.54 Å². The molecule has 7 heteroatoms. The molecule has 0 aliphatic heterocycles. The molecular formula is C26H30N2O4S. The van der Waals surface area contributed by atoms with Crippen molar-refractivity contribution in [3.63, 3.8) is 0 Å². The first-order valence-electron chi connectivity index (χ1n) is 11.0. The SMILES string of the molecule is COc1ccc(S(=O)(=O)NC(Cc2ccccc2)C(=O)NCCCCc2ccccc2)cc1. The normalized spacial score (nSPS) is 12.2. The lowest BCUT2D eigenvalue weighted by Crippen LogP contribution is -2.48. The van der Waals surface area contributed by atoms with Crippen LogP contribution < -0.4 is 14.8 Å². The third kappa shape index (κ3) is 7.73. The lowest BCUT2D eigenvalue weighted by Gasteiger charge is -2.19. The Morgan fingerprint density at radius 2 is 1.45 bits per heavy atom. The highest BCUT2D eigenvalue weighted by Crippen LogP contribution is 2.16. The summed E-state index contributed by atoms with van der Waals surface area (Å²) in [5, 5.41) is 2.90. The Morgan fingerprint density at radius 3 is 2.06 bits per heavy atom. The van der Waals surface area contributed by atoms with Gasteiger partial charge in [0.2, 0.25) is 15.9 Å². The van der Waals surface area contributed by atoms with Gasteiger partial charge in [0.1, 0.15) is 11.8 Å². The summed E-state index contributed by atoms with van der Waals surface area (Å²) in [4.78, 5) is 13.0. The fourth-order valence-corrected chi connectivity index (χ4v) is 4.68. The summed E-state index contributed by atoms with van der Waals surface area (Å²) < 4.78 is 33.6. The molecule has 0 aromatic heterocycles. The van der Waals surface area contributed by atoms with Crippen molar-refractivity contribution in [1.82, 2.24) is 10.0 Å². The number of nitrogens with one attached hydrogen (secondary N) is 2. The molecule has 0 aliphatic carbocycles. The van der Waals surface area contributed by atoms with E-state index in [1.165, 1.54) is 24.8 Å². The Hall–Kier alpha value is -3.16. The molecule has 0 radical (unpaired) electrons. The molecule has 174 valence electrons. The van der Waals surface area contributed by atoms with Crippen LogP contribution in [0.25, 0.3) is 0 Å². The highest BCUT2D eigenvalue weighted by Gasteiger charge is 2.26. The smallest absolute Gasteiger partial charge is 0.241 e. The molecular weight excluding hydrogens is 436 g/mol. The van der Waals surface area contributed by atoms with E-state index in [1.807, 2.05) is 48.5 Å². The number of hydrogen-bond acceptors (Lipinski definition) is 4. The minimum atomic E-state index is -3.89. The molecule has 0 heterocycles. The first kappa shape index (κ1) is 24.5. The number of methoxy groups -OCH3 is 1. The van der Waals surface area contributed by atoms with E-state index >= 15 is 0 Å². The first-order valence-corrected chi connectivity index (χ1v) is 12.5. The average molecular weight is 467 g/mol. The van der Waals surface area contributed by atoms with E-state index in [4.69, 9.17) is 4.74 Å². The van der Waals surface area contributed by atoms with Crippen LogP contribution in [0, 0.1) is 0 Å². The molecule has 3 rings (SSSR count). The maximum absolute atomic E-state index is 12.9. The predicted molar refractivity (Wildman–Crippen MR) is 130 cm³/mol. The fourth-order valence-electron chi connectivity index (χ4n) is 3.48. The van der Waals surface area contributed by atoms with E-state index in [2.05, 4.69) is 22.2 Å². The maximum atomic E-state index is 12.9. The van der Waals surface area contributed by atoms with Crippen molar-refractivity contribution in [1.29, 1.82) is 0 Å². The Bertz CT molecular complexity index is 1100. The third-order valence-corrected chi connectivity index (χ3v) is 6.79. The number of rotatable bonds is 12. The van der Waals surface area contributed by atoms with Crippen LogP contribution in [0.15, 0.2) is 89.8 Å². The second kappa shape index (κ2) is 12.2. The summed E-state index contributed by atoms with van der Waals surface area (Å²) in [6, 6.07) is 24.7. The van der Waals surface area contributed by atoms with Gasteiger partial charge >= 0.3 is 0 Å². The third-order valence-electron chi connectivity index (χ3n) is 5.30. The maximum Gasteiger partial charge on any atom is 0.241 e. The average Bonchev–Trinajstić information content (AvgIpc) is 2.84. The molecule has 6 nitrogen and oxygen atoms in total. The Labute approximate surface area is 196 Å². The number of ether oxygens (including phenoxy) is 1. The molecule has 1 atom stereocenters.